The first kappa shape index (κ1) is 14.4. The zero-order chi connectivity index (χ0) is 11.4. The zero-order valence-corrected chi connectivity index (χ0v) is 15.3. The van der Waals surface area contributed by atoms with E-state index in [1.165, 1.54) is 3.70 Å². The Labute approximate surface area is 132 Å². The molecule has 0 saturated carbocycles. The molecule has 0 aliphatic carbocycles. The molecule has 0 aromatic carbocycles. The third kappa shape index (κ3) is 3.95. The first-order valence-corrected chi connectivity index (χ1v) is 8.13. The van der Waals surface area contributed by atoms with Gasteiger partial charge in [0, 0.05) is 13.1 Å². The smallest absolute Gasteiger partial charge is 0.173 e. The van der Waals surface area contributed by atoms with E-state index in [1.54, 1.807) is 0 Å². The molecule has 6 heteroatoms. The number of nitrogens with zero attached hydrogens (tertiary/aromatic N) is 3. The molecule has 1 rings (SSSR count). The number of imidazole rings is 1. The second-order valence-electron chi connectivity index (χ2n) is 3.14. The quantitative estimate of drug-likeness (QED) is 0.532. The first-order chi connectivity index (χ1) is 7.10. The van der Waals surface area contributed by atoms with E-state index in [9.17, 15) is 0 Å². The third-order valence-corrected chi connectivity index (χ3v) is 6.06. The minimum atomic E-state index is 1.04. The van der Waals surface area contributed by atoms with Crippen molar-refractivity contribution in [2.75, 3.05) is 19.6 Å². The Morgan fingerprint density at radius 1 is 1.20 bits per heavy atom. The van der Waals surface area contributed by atoms with Crippen molar-refractivity contribution in [3.63, 3.8) is 0 Å². The lowest BCUT2D eigenvalue weighted by atomic mass is 10.4. The van der Waals surface area contributed by atoms with Crippen molar-refractivity contribution >= 4 is 67.8 Å². The van der Waals surface area contributed by atoms with E-state index in [1.807, 2.05) is 0 Å². The molecule has 0 spiro atoms. The lowest BCUT2D eigenvalue weighted by Crippen LogP contribution is -2.27. The van der Waals surface area contributed by atoms with Crippen LogP contribution < -0.4 is 0 Å². The lowest BCUT2D eigenvalue weighted by Gasteiger charge is -2.18. The number of halogens is 3. The highest BCUT2D eigenvalue weighted by atomic mass is 127. The molecule has 0 saturated heterocycles. The fraction of sp³-hybridized carbons (Fsp3) is 0.667. The summed E-state index contributed by atoms with van der Waals surface area (Å²) in [5.74, 6) is 0. The summed E-state index contributed by atoms with van der Waals surface area (Å²) in [4.78, 5) is 6.88. The fourth-order valence-electron chi connectivity index (χ4n) is 1.35. The van der Waals surface area contributed by atoms with E-state index in [2.05, 4.69) is 96.1 Å². The molecule has 0 radical (unpaired) electrons. The number of hydrogen-bond acceptors (Lipinski definition) is 2. The molecule has 0 fully saturated rings. The van der Waals surface area contributed by atoms with Crippen LogP contribution in [0.4, 0.5) is 0 Å². The van der Waals surface area contributed by atoms with Crippen LogP contribution in [0.2, 0.25) is 0 Å². The van der Waals surface area contributed by atoms with Crippen LogP contribution >= 0.6 is 67.8 Å². The van der Waals surface area contributed by atoms with Crippen LogP contribution in [0.3, 0.4) is 0 Å². The lowest BCUT2D eigenvalue weighted by molar-refractivity contribution is 0.288. The molecule has 1 aromatic rings. The normalized spacial score (nSPS) is 11.3. The molecular weight excluding hydrogens is 531 g/mol. The molecule has 0 aliphatic rings. The number of aromatic nitrogens is 2. The second kappa shape index (κ2) is 6.94. The molecule has 86 valence electrons. The molecule has 0 atom stereocenters. The number of hydrogen-bond donors (Lipinski definition) is 0. The van der Waals surface area contributed by atoms with Gasteiger partial charge in [0.15, 0.2) is 3.83 Å². The summed E-state index contributed by atoms with van der Waals surface area (Å²) in [6.07, 6.45) is 0. The van der Waals surface area contributed by atoms with Gasteiger partial charge < -0.3 is 9.47 Å². The maximum atomic E-state index is 4.45. The molecule has 1 heterocycles. The highest BCUT2D eigenvalue weighted by Crippen LogP contribution is 2.17. The van der Waals surface area contributed by atoms with E-state index < -0.39 is 0 Å². The Hall–Kier alpha value is 1.36. The monoisotopic (exact) mass is 545 g/mol. The van der Waals surface area contributed by atoms with Crippen molar-refractivity contribution in [3.8, 4) is 0 Å². The molecule has 0 bridgehead atoms. The van der Waals surface area contributed by atoms with Crippen LogP contribution in [0.15, 0.2) is 0 Å². The molecule has 3 nitrogen and oxygen atoms in total. The minimum Gasteiger partial charge on any atom is -0.313 e. The van der Waals surface area contributed by atoms with E-state index >= 15 is 0 Å². The van der Waals surface area contributed by atoms with Gasteiger partial charge in [-0.3, -0.25) is 0 Å². The van der Waals surface area contributed by atoms with Crippen molar-refractivity contribution in [1.82, 2.24) is 14.5 Å². The van der Waals surface area contributed by atoms with Gasteiger partial charge in [0.25, 0.3) is 0 Å². The Bertz CT molecular complexity index is 321. The van der Waals surface area contributed by atoms with E-state index in [0.29, 0.717) is 0 Å². The van der Waals surface area contributed by atoms with Crippen LogP contribution in [0.5, 0.6) is 0 Å². The van der Waals surface area contributed by atoms with Gasteiger partial charge in [-0.1, -0.05) is 13.8 Å². The van der Waals surface area contributed by atoms with Crippen LogP contribution in [0.25, 0.3) is 0 Å². The van der Waals surface area contributed by atoms with Crippen LogP contribution in [0.1, 0.15) is 13.8 Å². The summed E-state index contributed by atoms with van der Waals surface area (Å²) >= 11 is 6.96. The van der Waals surface area contributed by atoms with Crippen LogP contribution in [-0.2, 0) is 6.54 Å². The summed E-state index contributed by atoms with van der Waals surface area (Å²) in [6.45, 7) is 8.79. The Morgan fingerprint density at radius 2 is 1.80 bits per heavy atom. The van der Waals surface area contributed by atoms with Crippen molar-refractivity contribution in [1.29, 1.82) is 0 Å². The van der Waals surface area contributed by atoms with Crippen molar-refractivity contribution in [3.05, 3.63) is 11.2 Å². The molecule has 15 heavy (non-hydrogen) atoms. The highest BCUT2D eigenvalue weighted by Gasteiger charge is 2.11. The van der Waals surface area contributed by atoms with Gasteiger partial charge in [-0.05, 0) is 80.9 Å². The van der Waals surface area contributed by atoms with Gasteiger partial charge in [0.05, 0.1) is 0 Å². The van der Waals surface area contributed by atoms with E-state index in [0.717, 1.165) is 33.7 Å². The van der Waals surface area contributed by atoms with Gasteiger partial charge in [-0.25, -0.2) is 4.98 Å². The average molecular weight is 545 g/mol. The molecular formula is C9H14I3N3. The third-order valence-electron chi connectivity index (χ3n) is 2.35. The zero-order valence-electron chi connectivity index (χ0n) is 8.80. The molecule has 0 N–H and O–H groups in total. The predicted octanol–water partition coefficient (Wildman–Crippen LogP) is 3.04. The summed E-state index contributed by atoms with van der Waals surface area (Å²) in [7, 11) is 0. The number of rotatable bonds is 5. The van der Waals surface area contributed by atoms with Gasteiger partial charge in [-0.2, -0.15) is 0 Å². The molecule has 0 aliphatic heterocycles. The van der Waals surface area contributed by atoms with E-state index in [4.69, 9.17) is 0 Å². The minimum absolute atomic E-state index is 1.04. The SMILES string of the molecule is CCN(CC)CCn1c(I)nc(I)c1I. The first-order valence-electron chi connectivity index (χ1n) is 4.89. The topological polar surface area (TPSA) is 21.1 Å². The average Bonchev–Trinajstić information content (AvgIpc) is 2.45. The van der Waals surface area contributed by atoms with Crippen molar-refractivity contribution < 1.29 is 0 Å². The summed E-state index contributed by atoms with van der Waals surface area (Å²) < 4.78 is 5.73. The maximum Gasteiger partial charge on any atom is 0.173 e. The van der Waals surface area contributed by atoms with Gasteiger partial charge in [0.2, 0.25) is 0 Å². The van der Waals surface area contributed by atoms with Gasteiger partial charge in [0.1, 0.15) is 7.40 Å². The fourth-order valence-corrected chi connectivity index (χ4v) is 4.11. The van der Waals surface area contributed by atoms with Crippen LogP contribution in [-0.4, -0.2) is 34.1 Å². The molecule has 1 aromatic heterocycles. The van der Waals surface area contributed by atoms with Crippen molar-refractivity contribution in [2.24, 2.45) is 0 Å². The van der Waals surface area contributed by atoms with Gasteiger partial charge in [-0.15, -0.1) is 0 Å². The maximum absolute atomic E-state index is 4.45. The summed E-state index contributed by atoms with van der Waals surface area (Å²) in [5, 5.41) is 0. The summed E-state index contributed by atoms with van der Waals surface area (Å²) in [6, 6.07) is 0. The largest absolute Gasteiger partial charge is 0.313 e. The summed E-state index contributed by atoms with van der Waals surface area (Å²) in [5.41, 5.74) is 0. The number of likely N-dealkylation sites (N-methyl/N-ethyl adjacent to an activating group) is 1. The Morgan fingerprint density at radius 3 is 2.20 bits per heavy atom. The van der Waals surface area contributed by atoms with Crippen LogP contribution in [0, 0.1) is 11.2 Å². The molecule has 0 amide bonds. The predicted molar refractivity (Wildman–Crippen MR) is 88.2 cm³/mol. The Kier molecular flexibility index (Phi) is 6.67. The Balaban J connectivity index is 2.64. The molecule has 0 unspecified atom stereocenters. The van der Waals surface area contributed by atoms with E-state index in [-0.39, 0.29) is 0 Å². The van der Waals surface area contributed by atoms with Crippen molar-refractivity contribution in [2.45, 2.75) is 20.4 Å². The van der Waals surface area contributed by atoms with Gasteiger partial charge >= 0.3 is 0 Å². The second-order valence-corrected chi connectivity index (χ2v) is 6.15. The highest BCUT2D eigenvalue weighted by molar-refractivity contribution is 14.1. The standard InChI is InChI=1S/C9H14I3N3/c1-3-14(4-2)5-6-15-8(11)7(10)13-9(15)12/h3-6H2,1-2H3.